The quantitative estimate of drug-likeness (QED) is 0.218. The van der Waals surface area contributed by atoms with Crippen LogP contribution in [-0.4, -0.2) is 87.1 Å². The molecule has 3 saturated heterocycles. The topological polar surface area (TPSA) is 96.4 Å². The fourth-order valence-corrected chi connectivity index (χ4v) is 6.28. The Bertz CT molecular complexity index is 796. The molecule has 0 aliphatic carbocycles. The number of halogens is 1. The maximum absolute atomic E-state index is 13.9. The summed E-state index contributed by atoms with van der Waals surface area (Å²) in [6.45, 7) is 13.3. The summed E-state index contributed by atoms with van der Waals surface area (Å²) in [6, 6.07) is -0.942. The van der Waals surface area contributed by atoms with Crippen molar-refractivity contribution >= 4 is 33.7 Å². The Kier molecular flexibility index (Phi) is 7.22. The van der Waals surface area contributed by atoms with Crippen molar-refractivity contribution in [2.75, 3.05) is 26.3 Å². The summed E-state index contributed by atoms with van der Waals surface area (Å²) in [5, 5.41) is 9.66. The third-order valence-corrected chi connectivity index (χ3v) is 7.43. The molecule has 0 aromatic heterocycles. The van der Waals surface area contributed by atoms with Crippen LogP contribution in [0.15, 0.2) is 25.3 Å². The lowest BCUT2D eigenvalue weighted by Gasteiger charge is -2.42. The summed E-state index contributed by atoms with van der Waals surface area (Å²) in [4.78, 5) is 43.3. The molecule has 0 radical (unpaired) electrons. The molecule has 3 rings (SSSR count). The lowest BCUT2D eigenvalue weighted by molar-refractivity contribution is -0.155. The molecular formula is C23H33BrN2O6. The van der Waals surface area contributed by atoms with Crippen molar-refractivity contribution in [2.24, 2.45) is 11.8 Å². The zero-order valence-corrected chi connectivity index (χ0v) is 20.5. The van der Waals surface area contributed by atoms with E-state index in [0.29, 0.717) is 19.4 Å². The lowest BCUT2D eigenvalue weighted by Crippen LogP contribution is -2.60. The standard InChI is InChI=1S/C23H33BrN2O6/c1-6-8-12-31-21(30)15-16-19(28)25(10-11-27)18(23(16)13-14(24)17(15)32-23)20(29)26(9-7-2)22(3,4)5/h6-7,14-18,27H,1-2,8-13H2,3-5H3/t14?,15-,16-,17-,18?,23?/m0/s1. The summed E-state index contributed by atoms with van der Waals surface area (Å²) in [5.74, 6) is -2.77. The van der Waals surface area contributed by atoms with Crippen LogP contribution in [0, 0.1) is 11.8 Å². The molecule has 8 nitrogen and oxygen atoms in total. The SMILES string of the molecule is C=CCCOC(=O)[C@H]1[C@H]2C(=O)N(CCO)C(C(=O)N(CC=C)C(C)(C)C)C23CC(Br)[C@@H]1O3. The molecule has 6 atom stereocenters. The molecule has 3 unspecified atom stereocenters. The highest BCUT2D eigenvalue weighted by Gasteiger charge is 2.77. The molecule has 2 amide bonds. The molecule has 3 fully saturated rings. The van der Waals surface area contributed by atoms with E-state index in [4.69, 9.17) is 9.47 Å². The molecule has 1 spiro atoms. The van der Waals surface area contributed by atoms with E-state index in [-0.39, 0.29) is 36.4 Å². The first kappa shape index (κ1) is 24.9. The van der Waals surface area contributed by atoms with Crippen LogP contribution in [-0.2, 0) is 23.9 Å². The number of amides is 2. The minimum absolute atomic E-state index is 0.0151. The summed E-state index contributed by atoms with van der Waals surface area (Å²) >= 11 is 3.61. The summed E-state index contributed by atoms with van der Waals surface area (Å²) in [6.07, 6.45) is 3.65. The van der Waals surface area contributed by atoms with Crippen LogP contribution < -0.4 is 0 Å². The number of nitrogens with zero attached hydrogens (tertiary/aromatic N) is 2. The third-order valence-electron chi connectivity index (χ3n) is 6.59. The monoisotopic (exact) mass is 512 g/mol. The van der Waals surface area contributed by atoms with Gasteiger partial charge in [-0.25, -0.2) is 0 Å². The number of esters is 1. The van der Waals surface area contributed by atoms with Crippen molar-refractivity contribution in [3.8, 4) is 0 Å². The van der Waals surface area contributed by atoms with Crippen LogP contribution in [0.2, 0.25) is 0 Å². The molecule has 2 bridgehead atoms. The average molecular weight is 513 g/mol. The Morgan fingerprint density at radius 2 is 2.06 bits per heavy atom. The van der Waals surface area contributed by atoms with E-state index in [1.165, 1.54) is 4.90 Å². The number of β-amino-alcohol motifs (C(OH)–C–C–N with tert-alkyl or cyclic N) is 1. The molecule has 3 aliphatic rings. The predicted octanol–water partition coefficient (Wildman–Crippen LogP) is 1.66. The Balaban J connectivity index is 2.03. The molecule has 0 aromatic rings. The second-order valence-electron chi connectivity index (χ2n) is 9.57. The van der Waals surface area contributed by atoms with Gasteiger partial charge in [0, 0.05) is 23.5 Å². The largest absolute Gasteiger partial charge is 0.465 e. The summed E-state index contributed by atoms with van der Waals surface area (Å²) < 4.78 is 11.8. The Hall–Kier alpha value is -1.71. The van der Waals surface area contributed by atoms with E-state index in [1.807, 2.05) is 20.8 Å². The number of rotatable bonds is 9. The zero-order valence-electron chi connectivity index (χ0n) is 19.0. The number of aliphatic hydroxyl groups is 1. The first-order valence-corrected chi connectivity index (χ1v) is 11.9. The molecule has 3 heterocycles. The number of alkyl halides is 1. The Morgan fingerprint density at radius 3 is 2.62 bits per heavy atom. The maximum atomic E-state index is 13.9. The number of fused-ring (bicyclic) bond motifs is 1. The predicted molar refractivity (Wildman–Crippen MR) is 122 cm³/mol. The van der Waals surface area contributed by atoms with E-state index >= 15 is 0 Å². The van der Waals surface area contributed by atoms with Crippen molar-refractivity contribution in [3.05, 3.63) is 25.3 Å². The first-order valence-electron chi connectivity index (χ1n) is 11.0. The van der Waals surface area contributed by atoms with Gasteiger partial charge in [-0.15, -0.1) is 13.2 Å². The highest BCUT2D eigenvalue weighted by atomic mass is 79.9. The minimum atomic E-state index is -1.16. The van der Waals surface area contributed by atoms with Crippen LogP contribution in [0.3, 0.4) is 0 Å². The average Bonchev–Trinajstić information content (AvgIpc) is 3.29. The molecular weight excluding hydrogens is 480 g/mol. The molecule has 9 heteroatoms. The number of carbonyl (C=O) groups is 3. The third kappa shape index (κ3) is 3.92. The van der Waals surface area contributed by atoms with Gasteiger partial charge in [-0.2, -0.15) is 0 Å². The first-order chi connectivity index (χ1) is 15.0. The van der Waals surface area contributed by atoms with Crippen LogP contribution in [0.4, 0.5) is 0 Å². The molecule has 0 aromatic carbocycles. The second-order valence-corrected chi connectivity index (χ2v) is 10.7. The van der Waals surface area contributed by atoms with Gasteiger partial charge < -0.3 is 24.4 Å². The van der Waals surface area contributed by atoms with E-state index in [0.717, 1.165) is 0 Å². The fraction of sp³-hybridized carbons (Fsp3) is 0.696. The van der Waals surface area contributed by atoms with Crippen LogP contribution in [0.25, 0.3) is 0 Å². The molecule has 32 heavy (non-hydrogen) atoms. The van der Waals surface area contributed by atoms with Crippen molar-refractivity contribution in [3.63, 3.8) is 0 Å². The van der Waals surface area contributed by atoms with Gasteiger partial charge in [0.1, 0.15) is 11.6 Å². The zero-order chi connectivity index (χ0) is 23.8. The van der Waals surface area contributed by atoms with Gasteiger partial charge in [0.15, 0.2) is 0 Å². The van der Waals surface area contributed by atoms with Gasteiger partial charge >= 0.3 is 5.97 Å². The van der Waals surface area contributed by atoms with E-state index < -0.39 is 41.1 Å². The highest BCUT2D eigenvalue weighted by molar-refractivity contribution is 9.09. The van der Waals surface area contributed by atoms with Gasteiger partial charge in [-0.05, 0) is 33.6 Å². The number of hydrogen-bond donors (Lipinski definition) is 1. The van der Waals surface area contributed by atoms with E-state index in [2.05, 4.69) is 29.1 Å². The Labute approximate surface area is 197 Å². The number of ether oxygens (including phenoxy) is 2. The second kappa shape index (κ2) is 9.27. The number of likely N-dealkylation sites (tertiary alicyclic amines) is 1. The molecule has 3 aliphatic heterocycles. The van der Waals surface area contributed by atoms with E-state index in [9.17, 15) is 19.5 Å². The van der Waals surface area contributed by atoms with Crippen LogP contribution in [0.5, 0.6) is 0 Å². The highest BCUT2D eigenvalue weighted by Crippen LogP contribution is 2.60. The van der Waals surface area contributed by atoms with Gasteiger partial charge in [0.25, 0.3) is 0 Å². The van der Waals surface area contributed by atoms with Crippen molar-refractivity contribution in [2.45, 2.75) is 61.7 Å². The van der Waals surface area contributed by atoms with Gasteiger partial charge in [-0.3, -0.25) is 14.4 Å². The molecule has 0 saturated carbocycles. The fourth-order valence-electron chi connectivity index (χ4n) is 5.34. The Morgan fingerprint density at radius 1 is 1.38 bits per heavy atom. The smallest absolute Gasteiger partial charge is 0.312 e. The van der Waals surface area contributed by atoms with Crippen molar-refractivity contribution in [1.29, 1.82) is 0 Å². The normalized spacial score (nSPS) is 33.2. The maximum Gasteiger partial charge on any atom is 0.312 e. The molecule has 1 N–H and O–H groups in total. The lowest BCUT2D eigenvalue weighted by atomic mass is 9.70. The summed E-state index contributed by atoms with van der Waals surface area (Å²) in [5.41, 5.74) is -1.68. The van der Waals surface area contributed by atoms with Crippen molar-refractivity contribution in [1.82, 2.24) is 9.80 Å². The number of hydrogen-bond acceptors (Lipinski definition) is 6. The number of carbonyl (C=O) groups excluding carboxylic acids is 3. The summed E-state index contributed by atoms with van der Waals surface area (Å²) in [7, 11) is 0. The van der Waals surface area contributed by atoms with Gasteiger partial charge in [0.05, 0.1) is 31.2 Å². The van der Waals surface area contributed by atoms with Crippen LogP contribution in [0.1, 0.15) is 33.6 Å². The van der Waals surface area contributed by atoms with Gasteiger partial charge in [0.2, 0.25) is 11.8 Å². The van der Waals surface area contributed by atoms with Crippen molar-refractivity contribution < 1.29 is 29.0 Å². The van der Waals surface area contributed by atoms with Gasteiger partial charge in [-0.1, -0.05) is 28.1 Å². The van der Waals surface area contributed by atoms with E-state index in [1.54, 1.807) is 17.1 Å². The minimum Gasteiger partial charge on any atom is -0.465 e. The molecule has 178 valence electrons. The van der Waals surface area contributed by atoms with Crippen LogP contribution >= 0.6 is 15.9 Å². The number of aliphatic hydroxyl groups excluding tert-OH is 1.